The highest BCUT2D eigenvalue weighted by molar-refractivity contribution is 5.85. The number of nitrogens with one attached hydrogen (secondary N) is 1. The minimum atomic E-state index is 0. The van der Waals surface area contributed by atoms with E-state index < -0.39 is 0 Å². The number of hydrogen-bond acceptors (Lipinski definition) is 4. The first-order chi connectivity index (χ1) is 9.72. The van der Waals surface area contributed by atoms with Gasteiger partial charge in [0.15, 0.2) is 0 Å². The first-order valence-electron chi connectivity index (χ1n) is 7.83. The van der Waals surface area contributed by atoms with E-state index >= 15 is 0 Å². The van der Waals surface area contributed by atoms with Crippen molar-refractivity contribution < 1.29 is 5.11 Å². The van der Waals surface area contributed by atoms with E-state index in [1.54, 1.807) is 6.07 Å². The van der Waals surface area contributed by atoms with E-state index in [4.69, 9.17) is 0 Å². The molecule has 0 radical (unpaired) electrons. The van der Waals surface area contributed by atoms with Crippen LogP contribution in [0.2, 0.25) is 0 Å². The van der Waals surface area contributed by atoms with E-state index in [-0.39, 0.29) is 12.4 Å². The van der Waals surface area contributed by atoms with Crippen LogP contribution in [-0.2, 0) is 6.54 Å². The molecule has 1 aromatic rings. The average molecular weight is 312 g/mol. The number of piperidine rings is 1. The highest BCUT2D eigenvalue weighted by Crippen LogP contribution is 2.27. The Kier molecular flexibility index (Phi) is 5.85. The van der Waals surface area contributed by atoms with Crippen LogP contribution < -0.4 is 5.32 Å². The zero-order valence-electron chi connectivity index (χ0n) is 12.7. The van der Waals surface area contributed by atoms with E-state index in [0.717, 1.165) is 43.0 Å². The Morgan fingerprint density at radius 3 is 2.71 bits per heavy atom. The molecular weight excluding hydrogens is 286 g/mol. The molecule has 2 N–H and O–H groups in total. The molecule has 2 fully saturated rings. The van der Waals surface area contributed by atoms with Crippen LogP contribution in [0.5, 0.6) is 5.75 Å². The molecule has 1 aromatic heterocycles. The van der Waals surface area contributed by atoms with Crippen molar-refractivity contribution in [1.82, 2.24) is 15.2 Å². The molecule has 0 aromatic carbocycles. The second kappa shape index (κ2) is 7.43. The molecule has 0 bridgehead atoms. The number of halogens is 1. The van der Waals surface area contributed by atoms with E-state index in [9.17, 15) is 5.11 Å². The summed E-state index contributed by atoms with van der Waals surface area (Å²) in [5.41, 5.74) is 1.80. The van der Waals surface area contributed by atoms with Gasteiger partial charge >= 0.3 is 0 Å². The maximum Gasteiger partial charge on any atom is 0.138 e. The van der Waals surface area contributed by atoms with Crippen LogP contribution in [0.4, 0.5) is 0 Å². The van der Waals surface area contributed by atoms with Crippen molar-refractivity contribution in [3.63, 3.8) is 0 Å². The van der Waals surface area contributed by atoms with Crippen molar-refractivity contribution in [3.8, 4) is 5.75 Å². The smallest absolute Gasteiger partial charge is 0.138 e. The summed E-state index contributed by atoms with van der Waals surface area (Å²) in [6, 6.07) is 4.37. The van der Waals surface area contributed by atoms with Crippen molar-refractivity contribution in [2.24, 2.45) is 5.92 Å². The fourth-order valence-corrected chi connectivity index (χ4v) is 3.56. The number of hydrogen-bond donors (Lipinski definition) is 2. The van der Waals surface area contributed by atoms with Gasteiger partial charge < -0.3 is 10.4 Å². The van der Waals surface area contributed by atoms with Gasteiger partial charge in [0.25, 0.3) is 0 Å². The molecule has 3 rings (SSSR count). The molecule has 0 aliphatic carbocycles. The third kappa shape index (κ3) is 4.09. The van der Waals surface area contributed by atoms with Crippen LogP contribution in [0, 0.1) is 12.8 Å². The maximum absolute atomic E-state index is 9.89. The maximum atomic E-state index is 9.89. The molecule has 21 heavy (non-hydrogen) atoms. The molecule has 2 aliphatic rings. The summed E-state index contributed by atoms with van der Waals surface area (Å²) < 4.78 is 0. The number of likely N-dealkylation sites (tertiary alicyclic amines) is 1. The van der Waals surface area contributed by atoms with Crippen molar-refractivity contribution in [3.05, 3.63) is 23.5 Å². The Labute approximate surface area is 133 Å². The Hall–Kier alpha value is -0.840. The van der Waals surface area contributed by atoms with Crippen molar-refractivity contribution >= 4 is 12.4 Å². The SMILES string of the molecule is Cc1ccc(O)c(CN2CCC(C3CCCN3)CC2)n1.Cl. The first kappa shape index (κ1) is 16.5. The summed E-state index contributed by atoms with van der Waals surface area (Å²) in [5, 5.41) is 13.5. The minimum Gasteiger partial charge on any atom is -0.506 e. The van der Waals surface area contributed by atoms with Gasteiger partial charge in [-0.05, 0) is 70.3 Å². The summed E-state index contributed by atoms with van der Waals surface area (Å²) in [7, 11) is 0. The van der Waals surface area contributed by atoms with E-state index in [1.807, 2.05) is 13.0 Å². The number of nitrogens with zero attached hydrogens (tertiary/aromatic N) is 2. The molecule has 0 saturated carbocycles. The van der Waals surface area contributed by atoms with Crippen LogP contribution in [0.1, 0.15) is 37.1 Å². The van der Waals surface area contributed by atoms with Gasteiger partial charge in [0, 0.05) is 18.3 Å². The molecule has 2 saturated heterocycles. The highest BCUT2D eigenvalue weighted by Gasteiger charge is 2.28. The summed E-state index contributed by atoms with van der Waals surface area (Å²) >= 11 is 0. The number of aromatic hydroxyl groups is 1. The lowest BCUT2D eigenvalue weighted by molar-refractivity contribution is 0.155. The van der Waals surface area contributed by atoms with Crippen LogP contribution in [0.3, 0.4) is 0 Å². The summed E-state index contributed by atoms with van der Waals surface area (Å²) in [5.74, 6) is 1.17. The minimum absolute atomic E-state index is 0. The standard InChI is InChI=1S/C16H25N3O.ClH/c1-12-4-5-16(20)15(18-12)11-19-9-6-13(7-10-19)14-3-2-8-17-14;/h4-5,13-14,17,20H,2-3,6-11H2,1H3;1H. The normalized spacial score (nSPS) is 24.0. The molecular formula is C16H26ClN3O. The van der Waals surface area contributed by atoms with Gasteiger partial charge in [-0.1, -0.05) is 0 Å². The largest absolute Gasteiger partial charge is 0.506 e. The van der Waals surface area contributed by atoms with E-state index in [0.29, 0.717) is 5.75 Å². The van der Waals surface area contributed by atoms with Gasteiger partial charge in [0.1, 0.15) is 5.75 Å². The second-order valence-electron chi connectivity index (χ2n) is 6.23. The predicted octanol–water partition coefficient (Wildman–Crippen LogP) is 2.48. The zero-order valence-corrected chi connectivity index (χ0v) is 13.5. The highest BCUT2D eigenvalue weighted by atomic mass is 35.5. The molecule has 3 heterocycles. The molecule has 118 valence electrons. The molecule has 4 nitrogen and oxygen atoms in total. The van der Waals surface area contributed by atoms with Crippen molar-refractivity contribution in [2.75, 3.05) is 19.6 Å². The first-order valence-corrected chi connectivity index (χ1v) is 7.83. The van der Waals surface area contributed by atoms with Crippen LogP contribution in [0.15, 0.2) is 12.1 Å². The predicted molar refractivity (Wildman–Crippen MR) is 86.9 cm³/mol. The summed E-state index contributed by atoms with van der Waals surface area (Å²) in [6.07, 6.45) is 5.23. The van der Waals surface area contributed by atoms with Crippen LogP contribution >= 0.6 is 12.4 Å². The molecule has 0 spiro atoms. The lowest BCUT2D eigenvalue weighted by Crippen LogP contribution is -2.40. The van der Waals surface area contributed by atoms with Gasteiger partial charge in [-0.3, -0.25) is 9.88 Å². The Morgan fingerprint density at radius 1 is 1.29 bits per heavy atom. The van der Waals surface area contributed by atoms with Crippen molar-refractivity contribution in [1.29, 1.82) is 0 Å². The van der Waals surface area contributed by atoms with Gasteiger partial charge in [-0.15, -0.1) is 12.4 Å². The number of aryl methyl sites for hydroxylation is 1. The quantitative estimate of drug-likeness (QED) is 0.900. The molecule has 0 amide bonds. The van der Waals surface area contributed by atoms with E-state index in [2.05, 4.69) is 15.2 Å². The number of pyridine rings is 1. The third-order valence-electron chi connectivity index (χ3n) is 4.76. The number of rotatable bonds is 3. The Balaban J connectivity index is 0.00000161. The second-order valence-corrected chi connectivity index (χ2v) is 6.23. The summed E-state index contributed by atoms with van der Waals surface area (Å²) in [6.45, 7) is 6.20. The Bertz CT molecular complexity index is 455. The summed E-state index contributed by atoms with van der Waals surface area (Å²) in [4.78, 5) is 6.88. The Morgan fingerprint density at radius 2 is 2.05 bits per heavy atom. The lowest BCUT2D eigenvalue weighted by Gasteiger charge is -2.34. The number of aromatic nitrogens is 1. The fraction of sp³-hybridized carbons (Fsp3) is 0.688. The average Bonchev–Trinajstić information content (AvgIpc) is 2.98. The van der Waals surface area contributed by atoms with Gasteiger partial charge in [-0.25, -0.2) is 0 Å². The monoisotopic (exact) mass is 311 g/mol. The molecule has 1 unspecified atom stereocenters. The van der Waals surface area contributed by atoms with Gasteiger partial charge in [-0.2, -0.15) is 0 Å². The fourth-order valence-electron chi connectivity index (χ4n) is 3.56. The molecule has 5 heteroatoms. The van der Waals surface area contributed by atoms with Gasteiger partial charge in [0.05, 0.1) is 5.69 Å². The third-order valence-corrected chi connectivity index (χ3v) is 4.76. The zero-order chi connectivity index (χ0) is 13.9. The molecule has 1 atom stereocenters. The van der Waals surface area contributed by atoms with Crippen LogP contribution in [-0.4, -0.2) is 40.7 Å². The molecule has 2 aliphatic heterocycles. The lowest BCUT2D eigenvalue weighted by atomic mass is 9.88. The topological polar surface area (TPSA) is 48.4 Å². The van der Waals surface area contributed by atoms with Crippen molar-refractivity contribution in [2.45, 2.75) is 45.2 Å². The van der Waals surface area contributed by atoms with Gasteiger partial charge in [0.2, 0.25) is 0 Å². The van der Waals surface area contributed by atoms with E-state index in [1.165, 1.54) is 32.2 Å². The van der Waals surface area contributed by atoms with Crippen LogP contribution in [0.25, 0.3) is 0 Å².